The lowest BCUT2D eigenvalue weighted by Crippen LogP contribution is -2.38. The fraction of sp³-hybridized carbons (Fsp3) is 0.529. The van der Waals surface area contributed by atoms with Gasteiger partial charge in [-0.2, -0.15) is 5.10 Å². The first-order chi connectivity index (χ1) is 11.1. The molecule has 0 atom stereocenters. The summed E-state index contributed by atoms with van der Waals surface area (Å²) in [6.45, 7) is 6.68. The summed E-state index contributed by atoms with van der Waals surface area (Å²) in [6, 6.07) is 4.21. The largest absolute Gasteiger partial charge is 0.357 e. The van der Waals surface area contributed by atoms with Gasteiger partial charge < -0.3 is 14.8 Å². The minimum absolute atomic E-state index is 0.810. The van der Waals surface area contributed by atoms with Gasteiger partial charge in [0, 0.05) is 44.8 Å². The molecule has 0 bridgehead atoms. The average molecular weight is 316 g/mol. The summed E-state index contributed by atoms with van der Waals surface area (Å²) < 4.78 is 2.14. The molecule has 0 aromatic carbocycles. The number of aryl methyl sites for hydroxylation is 3. The third-order valence-corrected chi connectivity index (χ3v) is 3.95. The van der Waals surface area contributed by atoms with Gasteiger partial charge >= 0.3 is 0 Å². The molecule has 2 rings (SSSR count). The summed E-state index contributed by atoms with van der Waals surface area (Å²) in [4.78, 5) is 6.91. The van der Waals surface area contributed by atoms with Crippen molar-refractivity contribution in [1.29, 1.82) is 0 Å². The number of H-pyrrole nitrogens is 1. The highest BCUT2D eigenvalue weighted by Crippen LogP contribution is 2.07. The van der Waals surface area contributed by atoms with Gasteiger partial charge in [-0.15, -0.1) is 0 Å². The van der Waals surface area contributed by atoms with E-state index in [0.29, 0.717) is 0 Å². The fourth-order valence-electron chi connectivity index (χ4n) is 2.53. The molecule has 0 saturated heterocycles. The summed E-state index contributed by atoms with van der Waals surface area (Å²) >= 11 is 0. The number of aromatic amines is 1. The van der Waals surface area contributed by atoms with Gasteiger partial charge in [0.15, 0.2) is 5.96 Å². The van der Waals surface area contributed by atoms with Crippen molar-refractivity contribution in [3.63, 3.8) is 0 Å². The zero-order chi connectivity index (χ0) is 16.7. The van der Waals surface area contributed by atoms with Crippen LogP contribution in [0.3, 0.4) is 0 Å². The third-order valence-electron chi connectivity index (χ3n) is 3.95. The second-order valence-corrected chi connectivity index (χ2v) is 5.83. The number of hydrogen-bond acceptors (Lipinski definition) is 2. The van der Waals surface area contributed by atoms with Crippen LogP contribution in [0.25, 0.3) is 0 Å². The summed E-state index contributed by atoms with van der Waals surface area (Å²) in [5.41, 5.74) is 3.70. The molecule has 0 amide bonds. The molecule has 0 aliphatic carbocycles. The highest BCUT2D eigenvalue weighted by atomic mass is 15.3. The number of aromatic nitrogens is 3. The first-order valence-electron chi connectivity index (χ1n) is 8.20. The van der Waals surface area contributed by atoms with E-state index in [1.54, 1.807) is 0 Å². The molecule has 23 heavy (non-hydrogen) atoms. The van der Waals surface area contributed by atoms with Gasteiger partial charge in [-0.3, -0.25) is 10.1 Å². The third kappa shape index (κ3) is 4.87. The van der Waals surface area contributed by atoms with Crippen LogP contribution in [0.5, 0.6) is 0 Å². The average Bonchev–Trinajstić information content (AvgIpc) is 3.11. The summed E-state index contributed by atoms with van der Waals surface area (Å²) in [6.07, 6.45) is 6.01. The molecule has 0 spiro atoms. The number of guanidine groups is 1. The zero-order valence-electron chi connectivity index (χ0n) is 14.6. The molecule has 2 heterocycles. The molecule has 126 valence electrons. The van der Waals surface area contributed by atoms with Crippen LogP contribution < -0.4 is 5.32 Å². The predicted molar refractivity (Wildman–Crippen MR) is 94.5 cm³/mol. The van der Waals surface area contributed by atoms with E-state index in [1.807, 2.05) is 6.20 Å². The van der Waals surface area contributed by atoms with Gasteiger partial charge in [-0.1, -0.05) is 0 Å². The Labute approximate surface area is 138 Å². The second kappa shape index (κ2) is 8.41. The topological polar surface area (TPSA) is 61.2 Å². The van der Waals surface area contributed by atoms with Crippen LogP contribution in [-0.4, -0.2) is 45.8 Å². The lowest BCUT2D eigenvalue weighted by Gasteiger charge is -2.22. The van der Waals surface area contributed by atoms with Gasteiger partial charge in [-0.25, -0.2) is 0 Å². The molecule has 6 heteroatoms. The molecular formula is C17H28N6. The Kier molecular flexibility index (Phi) is 6.26. The van der Waals surface area contributed by atoms with Crippen molar-refractivity contribution >= 4 is 5.96 Å². The van der Waals surface area contributed by atoms with Gasteiger partial charge in [0.1, 0.15) is 0 Å². The van der Waals surface area contributed by atoms with E-state index in [1.165, 1.54) is 11.3 Å². The van der Waals surface area contributed by atoms with Gasteiger partial charge in [0.2, 0.25) is 0 Å². The van der Waals surface area contributed by atoms with Crippen LogP contribution in [0.1, 0.15) is 30.3 Å². The monoisotopic (exact) mass is 316 g/mol. The van der Waals surface area contributed by atoms with Crippen LogP contribution in [0.15, 0.2) is 29.5 Å². The lowest BCUT2D eigenvalue weighted by atomic mass is 10.1. The smallest absolute Gasteiger partial charge is 0.194 e. The molecule has 0 saturated carbocycles. The molecule has 0 aliphatic heterocycles. The molecule has 2 N–H and O–H groups in total. The van der Waals surface area contributed by atoms with Crippen LogP contribution in [0.4, 0.5) is 0 Å². The number of nitrogens with zero attached hydrogens (tertiary/aromatic N) is 4. The molecule has 2 aromatic heterocycles. The molecule has 0 aliphatic rings. The Hall–Kier alpha value is -2.24. The number of nitrogens with one attached hydrogen (secondary N) is 2. The molecule has 6 nitrogen and oxygen atoms in total. The van der Waals surface area contributed by atoms with Crippen LogP contribution in [-0.2, 0) is 20.0 Å². The van der Waals surface area contributed by atoms with Crippen LogP contribution >= 0.6 is 0 Å². The van der Waals surface area contributed by atoms with Crippen LogP contribution in [0, 0.1) is 6.92 Å². The highest BCUT2D eigenvalue weighted by molar-refractivity contribution is 5.79. The summed E-state index contributed by atoms with van der Waals surface area (Å²) in [5.74, 6) is 0.956. The predicted octanol–water partition coefficient (Wildman–Crippen LogP) is 2.09. The van der Waals surface area contributed by atoms with E-state index < -0.39 is 0 Å². The summed E-state index contributed by atoms with van der Waals surface area (Å²) in [5, 5.41) is 10.4. The van der Waals surface area contributed by atoms with E-state index in [4.69, 9.17) is 4.99 Å². The van der Waals surface area contributed by atoms with Crippen molar-refractivity contribution in [2.75, 3.05) is 20.1 Å². The number of aliphatic imine (C=N–C) groups is 1. The Balaban J connectivity index is 1.88. The quantitative estimate of drug-likeness (QED) is 0.467. The van der Waals surface area contributed by atoms with Crippen molar-refractivity contribution in [3.8, 4) is 0 Å². The van der Waals surface area contributed by atoms with Crippen molar-refractivity contribution in [2.45, 2.75) is 33.2 Å². The van der Waals surface area contributed by atoms with Crippen molar-refractivity contribution < 1.29 is 0 Å². The van der Waals surface area contributed by atoms with E-state index >= 15 is 0 Å². The van der Waals surface area contributed by atoms with Gasteiger partial charge in [0.25, 0.3) is 0 Å². The van der Waals surface area contributed by atoms with Crippen LogP contribution in [0.2, 0.25) is 0 Å². The van der Waals surface area contributed by atoms with E-state index in [-0.39, 0.29) is 0 Å². The Morgan fingerprint density at radius 2 is 2.30 bits per heavy atom. The van der Waals surface area contributed by atoms with Crippen molar-refractivity contribution in [2.24, 2.45) is 12.0 Å². The van der Waals surface area contributed by atoms with Gasteiger partial charge in [-0.05, 0) is 44.4 Å². The number of hydrogen-bond donors (Lipinski definition) is 2. The number of rotatable bonds is 7. The molecule has 2 aromatic rings. The minimum atomic E-state index is 0.810. The summed E-state index contributed by atoms with van der Waals surface area (Å²) in [7, 11) is 4.15. The molecule has 0 unspecified atom stereocenters. The first kappa shape index (κ1) is 17.1. The Morgan fingerprint density at radius 1 is 1.48 bits per heavy atom. The normalized spacial score (nSPS) is 11.7. The molecule has 0 fully saturated rings. The highest BCUT2D eigenvalue weighted by Gasteiger charge is 2.08. The standard InChI is InChI=1S/C17H28N6/c1-5-18-17(23(4)13-16-9-7-11-22(16)3)19-10-6-8-15-12-20-21-14(15)2/h7,9,11-12H,5-6,8,10,13H2,1-4H3,(H,18,19)(H,20,21). The first-order valence-corrected chi connectivity index (χ1v) is 8.20. The fourth-order valence-corrected chi connectivity index (χ4v) is 2.53. The van der Waals surface area contributed by atoms with E-state index in [0.717, 1.165) is 44.1 Å². The zero-order valence-corrected chi connectivity index (χ0v) is 14.6. The lowest BCUT2D eigenvalue weighted by molar-refractivity contribution is 0.461. The molecule has 0 radical (unpaired) electrons. The maximum absolute atomic E-state index is 4.74. The van der Waals surface area contributed by atoms with Crippen molar-refractivity contribution in [3.05, 3.63) is 41.5 Å². The Bertz CT molecular complexity index is 625. The molecular weight excluding hydrogens is 288 g/mol. The SMILES string of the molecule is CCNC(=NCCCc1cn[nH]c1C)N(C)Cc1cccn1C. The van der Waals surface area contributed by atoms with E-state index in [2.05, 4.69) is 71.3 Å². The van der Waals surface area contributed by atoms with Gasteiger partial charge in [0.05, 0.1) is 12.7 Å². The maximum atomic E-state index is 4.74. The van der Waals surface area contributed by atoms with Crippen molar-refractivity contribution in [1.82, 2.24) is 25.0 Å². The second-order valence-electron chi connectivity index (χ2n) is 5.83. The van der Waals surface area contributed by atoms with E-state index in [9.17, 15) is 0 Å². The maximum Gasteiger partial charge on any atom is 0.194 e. The Morgan fingerprint density at radius 3 is 2.91 bits per heavy atom. The minimum Gasteiger partial charge on any atom is -0.357 e.